The van der Waals surface area contributed by atoms with Crippen LogP contribution in [0, 0.1) is 18.6 Å². The molecule has 9 nitrogen and oxygen atoms in total. The molecule has 1 amide bonds. The highest BCUT2D eigenvalue weighted by molar-refractivity contribution is 6.33. The number of piperazine rings is 1. The summed E-state index contributed by atoms with van der Waals surface area (Å²) in [7, 11) is 0. The predicted molar refractivity (Wildman–Crippen MR) is 169 cm³/mol. The molecule has 1 N–H and O–H groups in total. The third-order valence-corrected chi connectivity index (χ3v) is 8.84. The summed E-state index contributed by atoms with van der Waals surface area (Å²) in [4.78, 5) is 39.3. The van der Waals surface area contributed by atoms with Gasteiger partial charge < -0.3 is 19.6 Å². The Labute approximate surface area is 263 Å². The van der Waals surface area contributed by atoms with Crippen molar-refractivity contribution in [3.63, 3.8) is 0 Å². The second kappa shape index (κ2) is 11.4. The Morgan fingerprint density at radius 3 is 2.64 bits per heavy atom. The maximum atomic E-state index is 17.3. The van der Waals surface area contributed by atoms with Gasteiger partial charge in [0.2, 0.25) is 5.91 Å². The molecule has 4 aromatic rings. The molecular formula is C33H32ClF2N5O4. The summed E-state index contributed by atoms with van der Waals surface area (Å²) in [5.41, 5.74) is -0.555. The number of aromatic hydroxyl groups is 1. The minimum atomic E-state index is -1.12. The van der Waals surface area contributed by atoms with E-state index in [1.807, 2.05) is 25.7 Å². The summed E-state index contributed by atoms with van der Waals surface area (Å²) in [5, 5.41) is 10.6. The molecule has 2 aliphatic rings. The van der Waals surface area contributed by atoms with Crippen LogP contribution in [0.3, 0.4) is 0 Å². The summed E-state index contributed by atoms with van der Waals surface area (Å²) in [6.45, 7) is 11.6. The van der Waals surface area contributed by atoms with Crippen LogP contribution in [0.25, 0.3) is 27.7 Å². The van der Waals surface area contributed by atoms with Crippen LogP contribution < -0.4 is 15.3 Å². The van der Waals surface area contributed by atoms with Crippen LogP contribution in [0.1, 0.15) is 44.4 Å². The lowest BCUT2D eigenvalue weighted by atomic mass is 9.96. The molecule has 2 aromatic carbocycles. The van der Waals surface area contributed by atoms with Crippen LogP contribution in [0.5, 0.6) is 11.5 Å². The van der Waals surface area contributed by atoms with Crippen molar-refractivity contribution in [2.24, 2.45) is 0 Å². The Morgan fingerprint density at radius 2 is 1.96 bits per heavy atom. The number of halogens is 3. The van der Waals surface area contributed by atoms with Gasteiger partial charge in [-0.25, -0.2) is 13.6 Å². The third kappa shape index (κ3) is 4.80. The first kappa shape index (κ1) is 30.5. The standard InChI is InChI=1S/C33H32ClF2N5O4/c1-6-22(43)39-14-18(5)40-19(15-39)11-13-45-31-25-30(26(35)24(27(31)36)23-20(34)8-7-9-21(23)42)41(33(44)38-32(25)40)29-17(4)10-12-37-28(29)16(2)3/h6-10,12,16,18-19,42H,1,11,13-15H2,2-5H3. The van der Waals surface area contributed by atoms with Gasteiger partial charge in [0.05, 0.1) is 40.0 Å². The van der Waals surface area contributed by atoms with E-state index in [9.17, 15) is 14.7 Å². The second-order valence-corrected chi connectivity index (χ2v) is 12.2. The number of hydrogen-bond acceptors (Lipinski definition) is 7. The summed E-state index contributed by atoms with van der Waals surface area (Å²) in [6.07, 6.45) is 3.20. The van der Waals surface area contributed by atoms with Crippen LogP contribution in [0.15, 0.2) is 47.9 Å². The minimum absolute atomic E-state index is 0.0112. The smallest absolute Gasteiger partial charge is 0.354 e. The molecule has 0 aliphatic carbocycles. The van der Waals surface area contributed by atoms with Gasteiger partial charge in [-0.2, -0.15) is 4.98 Å². The fourth-order valence-corrected chi connectivity index (χ4v) is 6.83. The number of carbonyl (C=O) groups excluding carboxylic acids is 1. The lowest BCUT2D eigenvalue weighted by Crippen LogP contribution is -2.60. The molecule has 45 heavy (non-hydrogen) atoms. The van der Waals surface area contributed by atoms with Gasteiger partial charge in [0.25, 0.3) is 0 Å². The molecule has 0 radical (unpaired) electrons. The van der Waals surface area contributed by atoms with Crippen molar-refractivity contribution in [1.29, 1.82) is 0 Å². The van der Waals surface area contributed by atoms with Gasteiger partial charge >= 0.3 is 5.69 Å². The van der Waals surface area contributed by atoms with Gasteiger partial charge in [0.15, 0.2) is 17.4 Å². The Hall–Kier alpha value is -4.51. The van der Waals surface area contributed by atoms with Crippen molar-refractivity contribution in [3.8, 4) is 28.3 Å². The van der Waals surface area contributed by atoms with Gasteiger partial charge in [-0.1, -0.05) is 38.1 Å². The van der Waals surface area contributed by atoms with E-state index >= 15 is 8.78 Å². The van der Waals surface area contributed by atoms with E-state index in [1.54, 1.807) is 24.1 Å². The van der Waals surface area contributed by atoms with E-state index in [2.05, 4.69) is 16.5 Å². The van der Waals surface area contributed by atoms with Crippen molar-refractivity contribution >= 4 is 34.2 Å². The molecule has 2 aromatic heterocycles. The molecule has 1 saturated heterocycles. The largest absolute Gasteiger partial charge is 0.507 e. The number of aromatic nitrogens is 3. The average Bonchev–Trinajstić information content (AvgIpc) is 2.98. The van der Waals surface area contributed by atoms with Gasteiger partial charge in [-0.05, 0) is 49.6 Å². The van der Waals surface area contributed by atoms with Crippen LogP contribution in [0.4, 0.5) is 14.6 Å². The number of pyridine rings is 1. The summed E-state index contributed by atoms with van der Waals surface area (Å²) >= 11 is 6.43. The number of phenols is 1. The van der Waals surface area contributed by atoms with Gasteiger partial charge in [-0.15, -0.1) is 0 Å². The number of fused-ring (bicyclic) bond motifs is 2. The first-order valence-electron chi connectivity index (χ1n) is 14.7. The molecule has 2 unspecified atom stereocenters. The summed E-state index contributed by atoms with van der Waals surface area (Å²) in [6, 6.07) is 5.09. The highest BCUT2D eigenvalue weighted by Crippen LogP contribution is 2.48. The van der Waals surface area contributed by atoms with E-state index < -0.39 is 28.6 Å². The fourth-order valence-electron chi connectivity index (χ4n) is 6.56. The van der Waals surface area contributed by atoms with Crippen LogP contribution >= 0.6 is 11.6 Å². The number of amides is 1. The maximum absolute atomic E-state index is 17.3. The van der Waals surface area contributed by atoms with E-state index in [-0.39, 0.29) is 76.7 Å². The predicted octanol–water partition coefficient (Wildman–Crippen LogP) is 5.89. The normalized spacial score (nSPS) is 18.0. The lowest BCUT2D eigenvalue weighted by molar-refractivity contribution is -0.127. The zero-order valence-corrected chi connectivity index (χ0v) is 26.0. The first-order valence-corrected chi connectivity index (χ1v) is 15.1. The van der Waals surface area contributed by atoms with Crippen LogP contribution in [-0.2, 0) is 4.79 Å². The number of phenolic OH excluding ortho intramolecular Hbond substituents is 1. The first-order chi connectivity index (χ1) is 21.5. The van der Waals surface area contributed by atoms with Crippen LogP contribution in [-0.4, -0.2) is 62.2 Å². The quantitative estimate of drug-likeness (QED) is 0.279. The van der Waals surface area contributed by atoms with Crippen LogP contribution in [0.2, 0.25) is 5.02 Å². The van der Waals surface area contributed by atoms with Gasteiger partial charge in [-0.3, -0.25) is 14.3 Å². The molecule has 2 atom stereocenters. The summed E-state index contributed by atoms with van der Waals surface area (Å²) < 4.78 is 41.3. The average molecular weight is 636 g/mol. The van der Waals surface area contributed by atoms with E-state index in [0.29, 0.717) is 23.4 Å². The topological polar surface area (TPSA) is 101 Å². The number of ether oxygens (including phenoxy) is 1. The van der Waals surface area contributed by atoms with E-state index in [4.69, 9.17) is 16.3 Å². The SMILES string of the molecule is C=CC(=O)N1CC(C)N2c3nc(=O)n(-c4c(C)ccnc4C(C)C)c4c(F)c(-c5c(O)cccc5Cl)c(F)c(c34)OCCC2C1. The minimum Gasteiger partial charge on any atom is -0.507 e. The van der Waals surface area contributed by atoms with Gasteiger partial charge in [0, 0.05) is 37.3 Å². The second-order valence-electron chi connectivity index (χ2n) is 11.8. The summed E-state index contributed by atoms with van der Waals surface area (Å²) in [5.74, 6) is -3.35. The van der Waals surface area contributed by atoms with Crippen molar-refractivity contribution in [3.05, 3.63) is 81.5 Å². The Bertz CT molecular complexity index is 1930. The lowest BCUT2D eigenvalue weighted by Gasteiger charge is -2.47. The van der Waals surface area contributed by atoms with E-state index in [0.717, 1.165) is 4.57 Å². The maximum Gasteiger partial charge on any atom is 0.354 e. The van der Waals surface area contributed by atoms with Gasteiger partial charge in [0.1, 0.15) is 17.1 Å². The zero-order valence-electron chi connectivity index (χ0n) is 25.3. The monoisotopic (exact) mass is 635 g/mol. The molecule has 12 heteroatoms. The molecule has 1 fully saturated rings. The van der Waals surface area contributed by atoms with Crippen molar-refractivity contribution in [2.45, 2.75) is 52.1 Å². The number of nitrogens with zero attached hydrogens (tertiary/aromatic N) is 5. The molecule has 0 spiro atoms. The number of hydrogen-bond donors (Lipinski definition) is 1. The number of rotatable bonds is 4. The Kier molecular flexibility index (Phi) is 7.76. The number of aryl methyl sites for hydroxylation is 1. The third-order valence-electron chi connectivity index (χ3n) is 8.53. The molecule has 0 bridgehead atoms. The van der Waals surface area contributed by atoms with Crippen molar-refractivity contribution in [2.75, 3.05) is 24.6 Å². The Balaban J connectivity index is 1.79. The molecule has 0 saturated carbocycles. The molecular weight excluding hydrogens is 604 g/mol. The fraction of sp³-hybridized carbons (Fsp3) is 0.333. The highest BCUT2D eigenvalue weighted by atomic mass is 35.5. The van der Waals surface area contributed by atoms with E-state index in [1.165, 1.54) is 24.3 Å². The van der Waals surface area contributed by atoms with Crippen molar-refractivity contribution < 1.29 is 23.4 Å². The van der Waals surface area contributed by atoms with Crippen molar-refractivity contribution in [1.82, 2.24) is 19.4 Å². The number of anilines is 1. The molecule has 6 rings (SSSR count). The molecule has 234 valence electrons. The zero-order chi connectivity index (χ0) is 32.3. The highest BCUT2D eigenvalue weighted by Gasteiger charge is 2.40. The number of benzene rings is 2. The number of carbonyl (C=O) groups is 1. The molecule has 4 heterocycles. The molecule has 2 aliphatic heterocycles. The Morgan fingerprint density at radius 1 is 1.20 bits per heavy atom.